The highest BCUT2D eigenvalue weighted by atomic mass is 19.4. The molecule has 1 heterocycles. The molecule has 0 saturated heterocycles. The Morgan fingerprint density at radius 1 is 1.04 bits per heavy atom. The van der Waals surface area contributed by atoms with Crippen LogP contribution in [0.5, 0.6) is 0 Å². The van der Waals surface area contributed by atoms with Gasteiger partial charge in [0.25, 0.3) is 11.6 Å². The van der Waals surface area contributed by atoms with E-state index in [1.54, 1.807) is 19.1 Å². The number of amides is 1. The number of carbonyl (C=O) groups is 1. The molecule has 0 fully saturated rings. The van der Waals surface area contributed by atoms with E-state index in [1.165, 1.54) is 43.3 Å². The zero-order valence-corrected chi connectivity index (χ0v) is 13.4. The average molecular weight is 350 g/mol. The van der Waals surface area contributed by atoms with Crippen molar-refractivity contribution in [1.82, 2.24) is 0 Å². The van der Waals surface area contributed by atoms with Crippen molar-refractivity contribution < 1.29 is 22.4 Å². The topological polar surface area (TPSA) is 32.7 Å². The van der Waals surface area contributed by atoms with Gasteiger partial charge in [0.05, 0.1) is 5.69 Å². The summed E-state index contributed by atoms with van der Waals surface area (Å²) in [6, 6.07) is 11.9. The fraction of sp³-hybridized carbons (Fsp3) is 0.222. The Labute approximate surface area is 141 Å². The number of nitrogens with zero attached hydrogens (tertiary/aromatic N) is 2. The maximum Gasteiger partial charge on any atom is 0.435 e. The second-order valence-electron chi connectivity index (χ2n) is 5.88. The number of hydrogen-bond acceptors (Lipinski definition) is 2. The molecule has 2 aromatic carbocycles. The number of rotatable bonds is 2. The fourth-order valence-electron chi connectivity index (χ4n) is 2.81. The Morgan fingerprint density at radius 2 is 1.68 bits per heavy atom. The highest BCUT2D eigenvalue weighted by molar-refractivity contribution is 6.24. The quantitative estimate of drug-likeness (QED) is 0.738. The molecular formula is C18H14F4N2O. The van der Waals surface area contributed by atoms with E-state index in [-0.39, 0.29) is 16.8 Å². The molecule has 0 aliphatic carbocycles. The van der Waals surface area contributed by atoms with Gasteiger partial charge in [0, 0.05) is 5.56 Å². The van der Waals surface area contributed by atoms with Crippen LogP contribution in [-0.4, -0.2) is 17.8 Å². The van der Waals surface area contributed by atoms with Gasteiger partial charge < -0.3 is 0 Å². The Morgan fingerprint density at radius 3 is 2.28 bits per heavy atom. The first kappa shape index (κ1) is 17.1. The lowest BCUT2D eigenvalue weighted by molar-refractivity contribution is -0.127. The smallest absolute Gasteiger partial charge is 0.268 e. The third-order valence-electron chi connectivity index (χ3n) is 4.05. The Kier molecular flexibility index (Phi) is 3.89. The predicted molar refractivity (Wildman–Crippen MR) is 86.1 cm³/mol. The summed E-state index contributed by atoms with van der Waals surface area (Å²) in [4.78, 5) is 12.7. The minimum absolute atomic E-state index is 0.0686. The van der Waals surface area contributed by atoms with E-state index in [2.05, 4.69) is 5.10 Å². The van der Waals surface area contributed by atoms with Gasteiger partial charge in [-0.1, -0.05) is 42.0 Å². The summed E-state index contributed by atoms with van der Waals surface area (Å²) in [6.45, 7) is 3.08. The van der Waals surface area contributed by atoms with Crippen LogP contribution < -0.4 is 5.01 Å². The third-order valence-corrected chi connectivity index (χ3v) is 4.05. The molecule has 1 unspecified atom stereocenters. The van der Waals surface area contributed by atoms with E-state index in [1.807, 2.05) is 0 Å². The zero-order valence-electron chi connectivity index (χ0n) is 13.4. The molecule has 0 spiro atoms. The largest absolute Gasteiger partial charge is 0.435 e. The number of alkyl halides is 4. The van der Waals surface area contributed by atoms with Gasteiger partial charge in [-0.15, -0.1) is 0 Å². The van der Waals surface area contributed by atoms with Crippen molar-refractivity contribution in [3.63, 3.8) is 0 Å². The first-order valence-electron chi connectivity index (χ1n) is 7.48. The molecule has 3 rings (SSSR count). The highest BCUT2D eigenvalue weighted by Crippen LogP contribution is 2.44. The van der Waals surface area contributed by atoms with Crippen molar-refractivity contribution in [3.05, 3.63) is 65.2 Å². The van der Waals surface area contributed by atoms with Crippen LogP contribution >= 0.6 is 0 Å². The zero-order chi connectivity index (χ0) is 18.4. The van der Waals surface area contributed by atoms with Gasteiger partial charge in [0.2, 0.25) is 0 Å². The molecule has 1 amide bonds. The average Bonchev–Trinajstić information content (AvgIpc) is 2.83. The predicted octanol–water partition coefficient (Wildman–Crippen LogP) is 4.43. The van der Waals surface area contributed by atoms with Crippen molar-refractivity contribution >= 4 is 17.3 Å². The van der Waals surface area contributed by atoms with Crippen LogP contribution in [0.3, 0.4) is 0 Å². The van der Waals surface area contributed by atoms with E-state index < -0.39 is 23.5 Å². The number of hydrazone groups is 1. The van der Waals surface area contributed by atoms with Crippen molar-refractivity contribution in [2.45, 2.75) is 25.7 Å². The lowest BCUT2D eigenvalue weighted by Crippen LogP contribution is -2.45. The van der Waals surface area contributed by atoms with Crippen LogP contribution in [0.1, 0.15) is 16.7 Å². The first-order valence-corrected chi connectivity index (χ1v) is 7.48. The van der Waals surface area contributed by atoms with Crippen LogP contribution in [0.25, 0.3) is 0 Å². The Bertz CT molecular complexity index is 861. The molecule has 3 nitrogen and oxygen atoms in total. The van der Waals surface area contributed by atoms with Crippen molar-refractivity contribution in [1.29, 1.82) is 0 Å². The van der Waals surface area contributed by atoms with Crippen LogP contribution in [0.4, 0.5) is 23.2 Å². The molecule has 0 saturated carbocycles. The van der Waals surface area contributed by atoms with Crippen LogP contribution in [0.2, 0.25) is 0 Å². The monoisotopic (exact) mass is 350 g/mol. The molecule has 0 bridgehead atoms. The molecule has 25 heavy (non-hydrogen) atoms. The van der Waals surface area contributed by atoms with Gasteiger partial charge in [0.15, 0.2) is 5.71 Å². The maximum atomic E-state index is 15.7. The second kappa shape index (κ2) is 5.68. The normalized spacial score (nSPS) is 20.8. The van der Waals surface area contributed by atoms with E-state index in [9.17, 15) is 18.0 Å². The standard InChI is InChI=1S/C18H14F4N2O/c1-11-8-9-12(2)14(10-11)17(19)15(18(20,21)22)23-24(16(17)25)13-6-4-3-5-7-13/h3-10H,1-2H3. The molecular weight excluding hydrogens is 336 g/mol. The number of aryl methyl sites for hydroxylation is 2. The first-order chi connectivity index (χ1) is 11.7. The van der Waals surface area contributed by atoms with Gasteiger partial charge in [0.1, 0.15) is 0 Å². The summed E-state index contributed by atoms with van der Waals surface area (Å²) in [7, 11) is 0. The van der Waals surface area contributed by atoms with Gasteiger partial charge in [-0.25, -0.2) is 4.39 Å². The second-order valence-corrected chi connectivity index (χ2v) is 5.88. The van der Waals surface area contributed by atoms with E-state index >= 15 is 4.39 Å². The molecule has 0 aromatic heterocycles. The minimum Gasteiger partial charge on any atom is -0.268 e. The fourth-order valence-corrected chi connectivity index (χ4v) is 2.81. The van der Waals surface area contributed by atoms with Crippen LogP contribution in [0.15, 0.2) is 53.6 Å². The molecule has 2 aromatic rings. The molecule has 7 heteroatoms. The molecule has 130 valence electrons. The summed E-state index contributed by atoms with van der Waals surface area (Å²) in [5.74, 6) is -1.38. The Hall–Kier alpha value is -2.70. The number of anilines is 1. The molecule has 1 aliphatic rings. The van der Waals surface area contributed by atoms with Gasteiger partial charge >= 0.3 is 6.18 Å². The van der Waals surface area contributed by atoms with Crippen LogP contribution in [-0.2, 0) is 10.5 Å². The molecule has 0 radical (unpaired) electrons. The van der Waals surface area contributed by atoms with Crippen molar-refractivity contribution in [3.8, 4) is 0 Å². The van der Waals surface area contributed by atoms with Gasteiger partial charge in [-0.2, -0.15) is 23.3 Å². The molecule has 0 N–H and O–H groups in total. The summed E-state index contributed by atoms with van der Waals surface area (Å²) in [5.41, 5.74) is -4.63. The highest BCUT2D eigenvalue weighted by Gasteiger charge is 2.63. The lowest BCUT2D eigenvalue weighted by Gasteiger charge is -2.24. The molecule has 1 aliphatic heterocycles. The van der Waals surface area contributed by atoms with E-state index in [4.69, 9.17) is 0 Å². The van der Waals surface area contributed by atoms with Crippen LogP contribution in [0, 0.1) is 13.8 Å². The summed E-state index contributed by atoms with van der Waals surface area (Å²) in [6.07, 6.45) is -5.09. The lowest BCUT2D eigenvalue weighted by atomic mass is 9.86. The number of halogens is 4. The summed E-state index contributed by atoms with van der Waals surface area (Å²) in [5, 5.41) is 3.79. The number of hydrogen-bond donors (Lipinski definition) is 0. The minimum atomic E-state index is -5.09. The SMILES string of the molecule is Cc1ccc(C)c(C2(F)C(=O)N(c3ccccc3)N=C2C(F)(F)F)c1. The van der Waals surface area contributed by atoms with Gasteiger partial charge in [-0.3, -0.25) is 4.79 Å². The third kappa shape index (κ3) is 2.69. The van der Waals surface area contributed by atoms with Crippen molar-refractivity contribution in [2.24, 2.45) is 5.10 Å². The number of para-hydroxylation sites is 1. The van der Waals surface area contributed by atoms with Gasteiger partial charge in [-0.05, 0) is 31.5 Å². The number of carbonyl (C=O) groups excluding carboxylic acids is 1. The molecule has 1 atom stereocenters. The maximum absolute atomic E-state index is 15.7. The number of benzene rings is 2. The van der Waals surface area contributed by atoms with E-state index in [0.717, 1.165) is 0 Å². The summed E-state index contributed by atoms with van der Waals surface area (Å²) >= 11 is 0. The van der Waals surface area contributed by atoms with E-state index in [0.29, 0.717) is 10.6 Å². The summed E-state index contributed by atoms with van der Waals surface area (Å²) < 4.78 is 56.2. The van der Waals surface area contributed by atoms with Crippen molar-refractivity contribution in [2.75, 3.05) is 5.01 Å². The Balaban J connectivity index is 2.23.